The number of thiophene rings is 1. The van der Waals surface area contributed by atoms with E-state index in [0.717, 1.165) is 5.56 Å². The number of hydrogen-bond acceptors (Lipinski definition) is 6. The normalized spacial score (nSPS) is 18.4. The molecule has 2 aromatic rings. The third-order valence-corrected chi connectivity index (χ3v) is 6.11. The number of anilines is 1. The summed E-state index contributed by atoms with van der Waals surface area (Å²) in [7, 11) is 0. The second-order valence-corrected chi connectivity index (χ2v) is 8.16. The Kier molecular flexibility index (Phi) is 7.41. The van der Waals surface area contributed by atoms with Crippen LogP contribution in [0.15, 0.2) is 41.1 Å². The van der Waals surface area contributed by atoms with Gasteiger partial charge in [-0.05, 0) is 66.4 Å². The molecule has 1 aliphatic rings. The fourth-order valence-electron chi connectivity index (χ4n) is 3.48. The zero-order valence-corrected chi connectivity index (χ0v) is 18.0. The maximum Gasteiger partial charge on any atom is 0.315 e. The van der Waals surface area contributed by atoms with Gasteiger partial charge in [0.1, 0.15) is 5.84 Å². The van der Waals surface area contributed by atoms with Crippen molar-refractivity contribution >= 4 is 40.6 Å². The van der Waals surface area contributed by atoms with Gasteiger partial charge in [-0.1, -0.05) is 0 Å². The van der Waals surface area contributed by atoms with Gasteiger partial charge in [-0.15, -0.1) is 0 Å². The lowest BCUT2D eigenvalue weighted by Gasteiger charge is -2.34. The predicted molar refractivity (Wildman–Crippen MR) is 119 cm³/mol. The van der Waals surface area contributed by atoms with Crippen molar-refractivity contribution in [1.29, 1.82) is 5.41 Å². The molecule has 9 heteroatoms. The largest absolute Gasteiger partial charge is 0.465 e. The summed E-state index contributed by atoms with van der Waals surface area (Å²) in [5, 5.41) is 16.8. The van der Waals surface area contributed by atoms with E-state index in [1.807, 2.05) is 16.8 Å². The lowest BCUT2D eigenvalue weighted by atomic mass is 9.72. The van der Waals surface area contributed by atoms with E-state index in [0.29, 0.717) is 24.1 Å². The van der Waals surface area contributed by atoms with Crippen LogP contribution in [0.4, 0.5) is 5.69 Å². The number of benzene rings is 1. The van der Waals surface area contributed by atoms with E-state index in [4.69, 9.17) is 15.9 Å². The fraction of sp³-hybridized carbons (Fsp3) is 0.364. The molecule has 1 aromatic carbocycles. The topological polar surface area (TPSA) is 134 Å². The highest BCUT2D eigenvalue weighted by Gasteiger charge is 2.41. The Balaban J connectivity index is 1.56. The summed E-state index contributed by atoms with van der Waals surface area (Å²) in [4.78, 5) is 37.6. The van der Waals surface area contributed by atoms with E-state index in [1.54, 1.807) is 31.2 Å². The SMILES string of the molecule is CCOC(=O)C(CNC(=O)C1CCC1C(=O)Nc1ccc(C(=N)N)cc1)c1ccsc1. The van der Waals surface area contributed by atoms with Gasteiger partial charge in [-0.3, -0.25) is 19.8 Å². The van der Waals surface area contributed by atoms with Gasteiger partial charge >= 0.3 is 5.97 Å². The smallest absolute Gasteiger partial charge is 0.315 e. The molecule has 0 spiro atoms. The molecule has 1 aliphatic carbocycles. The minimum Gasteiger partial charge on any atom is -0.465 e. The summed E-state index contributed by atoms with van der Waals surface area (Å²) in [6, 6.07) is 8.50. The molecule has 31 heavy (non-hydrogen) atoms. The van der Waals surface area contributed by atoms with Crippen molar-refractivity contribution in [3.63, 3.8) is 0 Å². The Morgan fingerprint density at radius 1 is 1.16 bits per heavy atom. The summed E-state index contributed by atoms with van der Waals surface area (Å²) in [6.45, 7) is 2.14. The number of amidine groups is 1. The number of ether oxygens (including phenoxy) is 1. The summed E-state index contributed by atoms with van der Waals surface area (Å²) in [5.41, 5.74) is 7.40. The highest BCUT2D eigenvalue weighted by Crippen LogP contribution is 2.35. The van der Waals surface area contributed by atoms with Crippen LogP contribution in [-0.4, -0.2) is 36.8 Å². The number of nitrogens with two attached hydrogens (primary N) is 1. The van der Waals surface area contributed by atoms with E-state index in [1.165, 1.54) is 11.3 Å². The highest BCUT2D eigenvalue weighted by atomic mass is 32.1. The molecule has 1 heterocycles. The van der Waals surface area contributed by atoms with Crippen LogP contribution in [0.2, 0.25) is 0 Å². The van der Waals surface area contributed by atoms with Crippen LogP contribution in [0, 0.1) is 17.2 Å². The number of nitrogens with one attached hydrogen (secondary N) is 3. The van der Waals surface area contributed by atoms with Crippen LogP contribution in [-0.2, 0) is 19.1 Å². The summed E-state index contributed by atoms with van der Waals surface area (Å²) in [6.07, 6.45) is 1.25. The van der Waals surface area contributed by atoms with E-state index in [2.05, 4.69) is 10.6 Å². The number of rotatable bonds is 9. The van der Waals surface area contributed by atoms with Crippen LogP contribution < -0.4 is 16.4 Å². The molecule has 8 nitrogen and oxygen atoms in total. The van der Waals surface area contributed by atoms with E-state index in [9.17, 15) is 14.4 Å². The van der Waals surface area contributed by atoms with Gasteiger partial charge in [0, 0.05) is 29.6 Å². The maximum atomic E-state index is 12.7. The first-order valence-electron chi connectivity index (χ1n) is 10.1. The van der Waals surface area contributed by atoms with Gasteiger partial charge in [-0.25, -0.2) is 0 Å². The molecule has 164 valence electrons. The zero-order chi connectivity index (χ0) is 22.4. The van der Waals surface area contributed by atoms with Crippen LogP contribution >= 0.6 is 11.3 Å². The minimum absolute atomic E-state index is 0.0443. The third-order valence-electron chi connectivity index (χ3n) is 5.41. The molecule has 1 aromatic heterocycles. The van der Waals surface area contributed by atoms with Crippen LogP contribution in [0.3, 0.4) is 0 Å². The van der Waals surface area contributed by atoms with Crippen molar-refractivity contribution in [3.8, 4) is 0 Å². The maximum absolute atomic E-state index is 12.7. The molecule has 0 radical (unpaired) electrons. The highest BCUT2D eigenvalue weighted by molar-refractivity contribution is 7.08. The Morgan fingerprint density at radius 2 is 1.84 bits per heavy atom. The fourth-order valence-corrected chi connectivity index (χ4v) is 4.20. The molecule has 3 unspecified atom stereocenters. The van der Waals surface area contributed by atoms with Gasteiger partial charge in [0.2, 0.25) is 11.8 Å². The third kappa shape index (κ3) is 5.49. The molecule has 1 fully saturated rings. The number of carbonyl (C=O) groups is 3. The first-order chi connectivity index (χ1) is 14.9. The Morgan fingerprint density at radius 3 is 2.39 bits per heavy atom. The second-order valence-electron chi connectivity index (χ2n) is 7.38. The first-order valence-corrected chi connectivity index (χ1v) is 11.1. The molecule has 0 bridgehead atoms. The Labute approximate surface area is 184 Å². The van der Waals surface area contributed by atoms with Crippen molar-refractivity contribution in [1.82, 2.24) is 5.32 Å². The molecule has 1 saturated carbocycles. The number of amides is 2. The van der Waals surface area contributed by atoms with E-state index < -0.39 is 17.8 Å². The van der Waals surface area contributed by atoms with Gasteiger partial charge < -0.3 is 21.1 Å². The molecular weight excluding hydrogens is 416 g/mol. The number of nitrogen functional groups attached to an aromatic ring is 1. The zero-order valence-electron chi connectivity index (χ0n) is 17.2. The van der Waals surface area contributed by atoms with Gasteiger partial charge in [0.25, 0.3) is 0 Å². The van der Waals surface area contributed by atoms with Crippen molar-refractivity contribution < 1.29 is 19.1 Å². The average molecular weight is 443 g/mol. The van der Waals surface area contributed by atoms with Crippen molar-refractivity contribution in [2.45, 2.75) is 25.7 Å². The number of carbonyl (C=O) groups excluding carboxylic acids is 3. The Bertz CT molecular complexity index is 943. The molecule has 3 atom stereocenters. The van der Waals surface area contributed by atoms with Gasteiger partial charge in [0.15, 0.2) is 0 Å². The Hall–Kier alpha value is -3.20. The van der Waals surface area contributed by atoms with Crippen molar-refractivity contribution in [2.75, 3.05) is 18.5 Å². The minimum atomic E-state index is -0.567. The lowest BCUT2D eigenvalue weighted by molar-refractivity contribution is -0.145. The molecule has 0 saturated heterocycles. The van der Waals surface area contributed by atoms with Crippen LogP contribution in [0.5, 0.6) is 0 Å². The van der Waals surface area contributed by atoms with E-state index >= 15 is 0 Å². The van der Waals surface area contributed by atoms with Crippen LogP contribution in [0.25, 0.3) is 0 Å². The summed E-state index contributed by atoms with van der Waals surface area (Å²) >= 11 is 1.48. The molecule has 3 rings (SSSR count). The summed E-state index contributed by atoms with van der Waals surface area (Å²) < 4.78 is 5.14. The molecule has 2 amide bonds. The van der Waals surface area contributed by atoms with Gasteiger partial charge in [0.05, 0.1) is 12.5 Å². The van der Waals surface area contributed by atoms with Gasteiger partial charge in [-0.2, -0.15) is 11.3 Å². The first kappa shape index (κ1) is 22.5. The molecule has 5 N–H and O–H groups in total. The molecular formula is C22H26N4O4S. The average Bonchev–Trinajstić information content (AvgIpc) is 3.22. The monoisotopic (exact) mass is 442 g/mol. The number of hydrogen-bond donors (Lipinski definition) is 4. The quantitative estimate of drug-likeness (QED) is 0.269. The van der Waals surface area contributed by atoms with E-state index in [-0.39, 0.29) is 36.8 Å². The molecule has 0 aliphatic heterocycles. The second kappa shape index (κ2) is 10.2. The summed E-state index contributed by atoms with van der Waals surface area (Å²) in [5.74, 6) is -2.29. The predicted octanol–water partition coefficient (Wildman–Crippen LogP) is 2.46. The van der Waals surface area contributed by atoms with Crippen LogP contribution in [0.1, 0.15) is 36.8 Å². The standard InChI is InChI=1S/C22H26N4O4S/c1-2-30-22(29)18(14-9-10-31-12-14)11-25-20(27)16-7-8-17(16)21(28)26-15-5-3-13(4-6-15)19(23)24/h3-6,9-10,12,16-18H,2,7-8,11H2,1H3,(H3,23,24)(H,25,27)(H,26,28). The van der Waals surface area contributed by atoms with Crippen molar-refractivity contribution in [2.24, 2.45) is 17.6 Å². The lowest BCUT2D eigenvalue weighted by Crippen LogP contribution is -2.47. The van der Waals surface area contributed by atoms with Crippen molar-refractivity contribution in [3.05, 3.63) is 52.2 Å². The number of esters is 1.